The Morgan fingerprint density at radius 3 is 2.91 bits per heavy atom. The largest absolute Gasteiger partial charge is 0.388 e. The average Bonchev–Trinajstić information content (AvgIpc) is 3.03. The minimum atomic E-state index is -0.754. The van der Waals surface area contributed by atoms with E-state index >= 15 is 0 Å². The minimum absolute atomic E-state index is 0.144. The van der Waals surface area contributed by atoms with Crippen molar-refractivity contribution in [3.05, 3.63) is 29.3 Å². The van der Waals surface area contributed by atoms with Crippen molar-refractivity contribution < 1.29 is 14.6 Å². The zero-order valence-electron chi connectivity index (χ0n) is 13.1. The number of ether oxygens (including phenoxy) is 1. The number of carbonyl (C=O) groups excluding carboxylic acids is 1. The van der Waals surface area contributed by atoms with E-state index in [9.17, 15) is 9.90 Å². The zero-order valence-corrected chi connectivity index (χ0v) is 13.9. The third-order valence-corrected chi connectivity index (χ3v) is 5.69. The molecule has 1 spiro atoms. The van der Waals surface area contributed by atoms with Crippen LogP contribution < -0.4 is 0 Å². The first-order valence-corrected chi connectivity index (χ1v) is 8.75. The van der Waals surface area contributed by atoms with Gasteiger partial charge in [0.25, 0.3) is 0 Å². The van der Waals surface area contributed by atoms with Crippen LogP contribution >= 0.6 is 11.3 Å². The van der Waals surface area contributed by atoms with Crippen molar-refractivity contribution in [1.82, 2.24) is 9.88 Å². The number of nitrogens with zero attached hydrogens (tertiary/aromatic N) is 2. The van der Waals surface area contributed by atoms with Gasteiger partial charge in [-0.25, -0.2) is 4.98 Å². The van der Waals surface area contributed by atoms with Gasteiger partial charge in [-0.2, -0.15) is 0 Å². The van der Waals surface area contributed by atoms with E-state index in [-0.39, 0.29) is 11.5 Å². The Labute approximate surface area is 138 Å². The number of hydrogen-bond acceptors (Lipinski definition) is 5. The number of aromatic nitrogens is 1. The van der Waals surface area contributed by atoms with Crippen LogP contribution in [0.2, 0.25) is 0 Å². The number of hydrogen-bond donors (Lipinski definition) is 1. The topological polar surface area (TPSA) is 62.7 Å². The number of benzene rings is 1. The summed E-state index contributed by atoms with van der Waals surface area (Å²) in [6.07, 6.45) is 1.77. The third-order valence-electron chi connectivity index (χ3n) is 4.59. The molecule has 3 heterocycles. The van der Waals surface area contributed by atoms with Crippen molar-refractivity contribution in [3.63, 3.8) is 0 Å². The maximum absolute atomic E-state index is 12.3. The minimum Gasteiger partial charge on any atom is -0.388 e. The molecule has 1 atom stereocenters. The summed E-state index contributed by atoms with van der Waals surface area (Å²) in [6, 6.07) is 8.04. The summed E-state index contributed by atoms with van der Waals surface area (Å²) >= 11 is 1.66. The van der Waals surface area contributed by atoms with Crippen LogP contribution in [0.5, 0.6) is 0 Å². The van der Waals surface area contributed by atoms with Crippen LogP contribution in [0.3, 0.4) is 0 Å². The monoisotopic (exact) mass is 332 g/mol. The van der Waals surface area contributed by atoms with E-state index in [2.05, 4.69) is 11.1 Å². The number of likely N-dealkylation sites (tertiary alicyclic amines) is 1. The second kappa shape index (κ2) is 5.26. The van der Waals surface area contributed by atoms with Crippen molar-refractivity contribution in [2.45, 2.75) is 37.4 Å². The number of thiazole rings is 1. The molecular weight excluding hydrogens is 312 g/mol. The number of rotatable bonds is 3. The third kappa shape index (κ3) is 2.86. The normalized spacial score (nSPS) is 25.9. The molecule has 2 aromatic rings. The molecule has 0 saturated carbocycles. The summed E-state index contributed by atoms with van der Waals surface area (Å²) in [6.45, 7) is 3.35. The van der Waals surface area contributed by atoms with Crippen LogP contribution in [0.4, 0.5) is 0 Å². The first-order valence-electron chi connectivity index (χ1n) is 7.93. The van der Waals surface area contributed by atoms with Crippen LogP contribution in [-0.4, -0.2) is 51.8 Å². The van der Waals surface area contributed by atoms with E-state index in [1.165, 1.54) is 4.70 Å². The maximum Gasteiger partial charge on any atom is 0.223 e. The van der Waals surface area contributed by atoms with E-state index in [0.29, 0.717) is 39.0 Å². The molecule has 2 aliphatic heterocycles. The average molecular weight is 332 g/mol. The van der Waals surface area contributed by atoms with Gasteiger partial charge in [-0.3, -0.25) is 4.79 Å². The van der Waals surface area contributed by atoms with Gasteiger partial charge < -0.3 is 14.7 Å². The predicted molar refractivity (Wildman–Crippen MR) is 88.4 cm³/mol. The summed E-state index contributed by atoms with van der Waals surface area (Å²) in [4.78, 5) is 18.7. The van der Waals surface area contributed by atoms with E-state index < -0.39 is 5.60 Å². The summed E-state index contributed by atoms with van der Waals surface area (Å²) < 4.78 is 6.89. The van der Waals surface area contributed by atoms with Crippen molar-refractivity contribution in [2.75, 3.05) is 19.7 Å². The molecule has 1 aromatic carbocycles. The second-order valence-electron chi connectivity index (χ2n) is 6.97. The number of aryl methyl sites for hydroxylation is 1. The lowest BCUT2D eigenvalue weighted by molar-refractivity contribution is -0.157. The van der Waals surface area contributed by atoms with Gasteiger partial charge in [0.1, 0.15) is 5.60 Å². The number of para-hydroxylation sites is 1. The predicted octanol–water partition coefficient (Wildman–Crippen LogP) is 1.98. The van der Waals surface area contributed by atoms with Gasteiger partial charge >= 0.3 is 0 Å². The van der Waals surface area contributed by atoms with Gasteiger partial charge in [-0.1, -0.05) is 12.1 Å². The lowest BCUT2D eigenvalue weighted by Crippen LogP contribution is -2.63. The smallest absolute Gasteiger partial charge is 0.223 e. The molecule has 0 bridgehead atoms. The van der Waals surface area contributed by atoms with Crippen LogP contribution in [0, 0.1) is 0 Å². The fourth-order valence-electron chi connectivity index (χ4n) is 3.53. The van der Waals surface area contributed by atoms with Crippen LogP contribution in [-0.2, 0) is 16.0 Å². The summed E-state index contributed by atoms with van der Waals surface area (Å²) in [5.41, 5.74) is -0.0602. The number of fused-ring (bicyclic) bond motifs is 1. The highest BCUT2D eigenvalue weighted by Gasteiger charge is 2.54. The molecule has 2 aliphatic rings. The van der Waals surface area contributed by atoms with Crippen molar-refractivity contribution in [3.8, 4) is 0 Å². The van der Waals surface area contributed by atoms with Gasteiger partial charge in [0.15, 0.2) is 0 Å². The molecule has 0 radical (unpaired) electrons. The van der Waals surface area contributed by atoms with Crippen molar-refractivity contribution >= 4 is 27.5 Å². The highest BCUT2D eigenvalue weighted by Crippen LogP contribution is 2.40. The molecule has 23 heavy (non-hydrogen) atoms. The second-order valence-corrected chi connectivity index (χ2v) is 8.09. The summed E-state index contributed by atoms with van der Waals surface area (Å²) in [5.74, 6) is 0.144. The Morgan fingerprint density at radius 2 is 2.22 bits per heavy atom. The Balaban J connectivity index is 1.31. The van der Waals surface area contributed by atoms with Gasteiger partial charge in [-0.05, 0) is 19.1 Å². The summed E-state index contributed by atoms with van der Waals surface area (Å²) in [5, 5.41) is 11.0. The number of aliphatic hydroxyl groups is 1. The lowest BCUT2D eigenvalue weighted by Gasteiger charge is -2.47. The molecule has 2 fully saturated rings. The van der Waals surface area contributed by atoms with Gasteiger partial charge in [0.2, 0.25) is 5.91 Å². The van der Waals surface area contributed by atoms with Crippen molar-refractivity contribution in [2.24, 2.45) is 0 Å². The molecule has 2 saturated heterocycles. The van der Waals surface area contributed by atoms with Crippen LogP contribution in [0.15, 0.2) is 24.3 Å². The first kappa shape index (κ1) is 15.1. The molecule has 1 aromatic heterocycles. The molecular formula is C17H20N2O3S. The van der Waals surface area contributed by atoms with E-state index in [1.54, 1.807) is 18.3 Å². The van der Waals surface area contributed by atoms with Gasteiger partial charge in [0, 0.05) is 19.3 Å². The molecule has 1 unspecified atom stereocenters. The highest BCUT2D eigenvalue weighted by atomic mass is 32.1. The fraction of sp³-hybridized carbons (Fsp3) is 0.529. The SMILES string of the molecule is CC1(O)COC2(CN(C(=O)CCc3nc4ccccc4s3)C2)C1. The lowest BCUT2D eigenvalue weighted by atomic mass is 9.85. The quantitative estimate of drug-likeness (QED) is 0.933. The van der Waals surface area contributed by atoms with E-state index in [1.807, 2.05) is 23.1 Å². The molecule has 1 N–H and O–H groups in total. The van der Waals surface area contributed by atoms with E-state index in [0.717, 1.165) is 10.5 Å². The molecule has 0 aliphatic carbocycles. The Morgan fingerprint density at radius 1 is 1.43 bits per heavy atom. The molecule has 5 nitrogen and oxygen atoms in total. The van der Waals surface area contributed by atoms with Gasteiger partial charge in [-0.15, -0.1) is 11.3 Å². The molecule has 122 valence electrons. The maximum atomic E-state index is 12.3. The van der Waals surface area contributed by atoms with Crippen molar-refractivity contribution in [1.29, 1.82) is 0 Å². The Hall–Kier alpha value is -1.50. The first-order chi connectivity index (χ1) is 10.9. The number of amides is 1. The standard InChI is InChI=1S/C17H20N2O3S/c1-16(21)8-17(22-11-16)9-19(10-17)15(20)7-6-14-18-12-4-2-3-5-13(12)23-14/h2-5,21H,6-11H2,1H3. The van der Waals surface area contributed by atoms with Gasteiger partial charge in [0.05, 0.1) is 40.5 Å². The Kier molecular flexibility index (Phi) is 3.44. The molecule has 4 rings (SSSR count). The Bertz CT molecular complexity index is 716. The molecule has 6 heteroatoms. The zero-order chi connectivity index (χ0) is 16.1. The van der Waals surface area contributed by atoms with Crippen LogP contribution in [0.25, 0.3) is 10.2 Å². The van der Waals surface area contributed by atoms with Crippen LogP contribution in [0.1, 0.15) is 24.8 Å². The number of carbonyl (C=O) groups is 1. The molecule has 1 amide bonds. The highest BCUT2D eigenvalue weighted by molar-refractivity contribution is 7.18. The summed E-state index contributed by atoms with van der Waals surface area (Å²) in [7, 11) is 0. The van der Waals surface area contributed by atoms with E-state index in [4.69, 9.17) is 4.74 Å². The fourth-order valence-corrected chi connectivity index (χ4v) is 4.50.